The van der Waals surface area contributed by atoms with Gasteiger partial charge in [-0.25, -0.2) is 4.98 Å². The minimum atomic E-state index is 0.590. The number of nitrogens with one attached hydrogen (secondary N) is 2. The summed E-state index contributed by atoms with van der Waals surface area (Å²) in [6, 6.07) is 8.13. The van der Waals surface area contributed by atoms with Gasteiger partial charge in [-0.1, -0.05) is 17.7 Å². The van der Waals surface area contributed by atoms with Gasteiger partial charge in [0.1, 0.15) is 17.9 Å². The normalized spacial score (nSPS) is 11.4. The molecular formula is C17H26N6O. The Labute approximate surface area is 143 Å². The van der Waals surface area contributed by atoms with Gasteiger partial charge in [0.05, 0.1) is 13.2 Å². The van der Waals surface area contributed by atoms with E-state index in [1.807, 2.05) is 19.2 Å². The zero-order chi connectivity index (χ0) is 17.2. The molecule has 0 spiro atoms. The third kappa shape index (κ3) is 5.91. The first kappa shape index (κ1) is 17.8. The summed E-state index contributed by atoms with van der Waals surface area (Å²) in [6.45, 7) is 4.22. The number of ether oxygens (including phenoxy) is 1. The van der Waals surface area contributed by atoms with E-state index in [0.717, 1.165) is 43.5 Å². The van der Waals surface area contributed by atoms with E-state index in [2.05, 4.69) is 44.8 Å². The van der Waals surface area contributed by atoms with Gasteiger partial charge >= 0.3 is 0 Å². The number of hydrogen-bond acceptors (Lipinski definition) is 4. The molecule has 2 N–H and O–H groups in total. The molecule has 130 valence electrons. The Kier molecular flexibility index (Phi) is 7.07. The molecule has 2 rings (SSSR count). The molecule has 2 aromatic rings. The van der Waals surface area contributed by atoms with Gasteiger partial charge in [0.25, 0.3) is 0 Å². The summed E-state index contributed by atoms with van der Waals surface area (Å²) >= 11 is 0. The lowest BCUT2D eigenvalue weighted by Crippen LogP contribution is -2.37. The number of benzene rings is 1. The molecule has 0 amide bonds. The van der Waals surface area contributed by atoms with E-state index in [1.54, 1.807) is 18.1 Å². The van der Waals surface area contributed by atoms with E-state index in [9.17, 15) is 0 Å². The van der Waals surface area contributed by atoms with Crippen molar-refractivity contribution in [1.82, 2.24) is 25.4 Å². The summed E-state index contributed by atoms with van der Waals surface area (Å²) in [5.74, 6) is 2.55. The average molecular weight is 330 g/mol. The summed E-state index contributed by atoms with van der Waals surface area (Å²) in [4.78, 5) is 8.36. The summed E-state index contributed by atoms with van der Waals surface area (Å²) in [6.07, 6.45) is 3.54. The van der Waals surface area contributed by atoms with Gasteiger partial charge in [0.2, 0.25) is 0 Å². The maximum atomic E-state index is 5.71. The van der Waals surface area contributed by atoms with Crippen molar-refractivity contribution >= 4 is 5.96 Å². The van der Waals surface area contributed by atoms with Crippen LogP contribution in [0.3, 0.4) is 0 Å². The fourth-order valence-corrected chi connectivity index (χ4v) is 2.12. The zero-order valence-corrected chi connectivity index (χ0v) is 14.6. The van der Waals surface area contributed by atoms with Crippen LogP contribution >= 0.6 is 0 Å². The van der Waals surface area contributed by atoms with Crippen molar-refractivity contribution in [2.45, 2.75) is 26.3 Å². The SMILES string of the molecule is CN=C(NCCCCOc1ccc(C)cc1)NCc1ncnn1C. The van der Waals surface area contributed by atoms with Gasteiger partial charge in [-0.3, -0.25) is 9.67 Å². The highest BCUT2D eigenvalue weighted by molar-refractivity contribution is 5.79. The topological polar surface area (TPSA) is 76.4 Å². The number of aliphatic imine (C=N–C) groups is 1. The van der Waals surface area contributed by atoms with Crippen molar-refractivity contribution in [3.05, 3.63) is 42.0 Å². The van der Waals surface area contributed by atoms with Crippen molar-refractivity contribution in [2.75, 3.05) is 20.2 Å². The fourth-order valence-electron chi connectivity index (χ4n) is 2.12. The molecule has 0 aliphatic heterocycles. The molecule has 24 heavy (non-hydrogen) atoms. The molecule has 0 fully saturated rings. The third-order valence-electron chi connectivity index (χ3n) is 3.60. The van der Waals surface area contributed by atoms with Crippen LogP contribution in [-0.2, 0) is 13.6 Å². The molecule has 7 nitrogen and oxygen atoms in total. The van der Waals surface area contributed by atoms with Crippen LogP contribution in [-0.4, -0.2) is 40.9 Å². The zero-order valence-electron chi connectivity index (χ0n) is 14.6. The number of aryl methyl sites for hydroxylation is 2. The van der Waals surface area contributed by atoms with Gasteiger partial charge in [-0.05, 0) is 31.9 Å². The number of aromatic nitrogens is 3. The first-order valence-electron chi connectivity index (χ1n) is 8.16. The molecule has 0 unspecified atom stereocenters. The van der Waals surface area contributed by atoms with E-state index >= 15 is 0 Å². The lowest BCUT2D eigenvalue weighted by molar-refractivity contribution is 0.307. The molecule has 0 saturated carbocycles. The van der Waals surface area contributed by atoms with E-state index in [0.29, 0.717) is 6.54 Å². The van der Waals surface area contributed by atoms with Crippen LogP contribution in [0.25, 0.3) is 0 Å². The van der Waals surface area contributed by atoms with Gasteiger partial charge < -0.3 is 15.4 Å². The molecule has 0 aliphatic carbocycles. The largest absolute Gasteiger partial charge is 0.494 e. The van der Waals surface area contributed by atoms with Gasteiger partial charge in [-0.15, -0.1) is 0 Å². The molecule has 0 aliphatic rings. The first-order chi connectivity index (χ1) is 11.7. The van der Waals surface area contributed by atoms with E-state index in [-0.39, 0.29) is 0 Å². The van der Waals surface area contributed by atoms with Crippen molar-refractivity contribution in [1.29, 1.82) is 0 Å². The van der Waals surface area contributed by atoms with Crippen LogP contribution in [0.5, 0.6) is 5.75 Å². The lowest BCUT2D eigenvalue weighted by atomic mass is 10.2. The molecule has 1 aromatic carbocycles. The van der Waals surface area contributed by atoms with Crippen LogP contribution < -0.4 is 15.4 Å². The molecule has 1 heterocycles. The van der Waals surface area contributed by atoms with Gasteiger partial charge in [0, 0.05) is 20.6 Å². The average Bonchev–Trinajstić information content (AvgIpc) is 3.00. The van der Waals surface area contributed by atoms with Crippen LogP contribution in [0.2, 0.25) is 0 Å². The Balaban J connectivity index is 1.57. The number of hydrogen-bond donors (Lipinski definition) is 2. The Morgan fingerprint density at radius 1 is 1.21 bits per heavy atom. The second kappa shape index (κ2) is 9.54. The summed E-state index contributed by atoms with van der Waals surface area (Å²) in [5.41, 5.74) is 1.24. The minimum absolute atomic E-state index is 0.590. The van der Waals surface area contributed by atoms with E-state index < -0.39 is 0 Å². The number of guanidine groups is 1. The fraction of sp³-hybridized carbons (Fsp3) is 0.471. The van der Waals surface area contributed by atoms with Crippen molar-refractivity contribution in [2.24, 2.45) is 12.0 Å². The Morgan fingerprint density at radius 3 is 2.67 bits per heavy atom. The van der Waals surface area contributed by atoms with E-state index in [4.69, 9.17) is 4.74 Å². The van der Waals surface area contributed by atoms with Crippen LogP contribution in [0.1, 0.15) is 24.2 Å². The quantitative estimate of drug-likeness (QED) is 0.437. The monoisotopic (exact) mass is 330 g/mol. The Bertz CT molecular complexity index is 635. The second-order valence-corrected chi connectivity index (χ2v) is 5.52. The van der Waals surface area contributed by atoms with Crippen LogP contribution in [0.15, 0.2) is 35.6 Å². The lowest BCUT2D eigenvalue weighted by Gasteiger charge is -2.11. The van der Waals surface area contributed by atoms with Crippen molar-refractivity contribution in [3.63, 3.8) is 0 Å². The van der Waals surface area contributed by atoms with Crippen LogP contribution in [0.4, 0.5) is 0 Å². The highest BCUT2D eigenvalue weighted by Crippen LogP contribution is 2.11. The highest BCUT2D eigenvalue weighted by atomic mass is 16.5. The molecule has 1 aromatic heterocycles. The highest BCUT2D eigenvalue weighted by Gasteiger charge is 2.02. The maximum Gasteiger partial charge on any atom is 0.191 e. The molecule has 0 atom stereocenters. The maximum absolute atomic E-state index is 5.71. The third-order valence-corrected chi connectivity index (χ3v) is 3.60. The molecule has 0 radical (unpaired) electrons. The number of unbranched alkanes of at least 4 members (excludes halogenated alkanes) is 1. The van der Waals surface area contributed by atoms with Gasteiger partial charge in [-0.2, -0.15) is 5.10 Å². The Morgan fingerprint density at radius 2 is 2.00 bits per heavy atom. The molecular weight excluding hydrogens is 304 g/mol. The predicted octanol–water partition coefficient (Wildman–Crippen LogP) is 1.65. The summed E-state index contributed by atoms with van der Waals surface area (Å²) < 4.78 is 7.45. The predicted molar refractivity (Wildman–Crippen MR) is 95.1 cm³/mol. The molecule has 0 saturated heterocycles. The standard InChI is InChI=1S/C17H26N6O/c1-14-6-8-15(9-7-14)24-11-5-4-10-19-17(18-2)20-12-16-21-13-22-23(16)3/h6-9,13H,4-5,10-12H2,1-3H3,(H2,18,19,20). The number of rotatable bonds is 8. The smallest absolute Gasteiger partial charge is 0.191 e. The summed E-state index contributed by atoms with van der Waals surface area (Å²) in [7, 11) is 3.63. The van der Waals surface area contributed by atoms with Crippen LogP contribution in [0, 0.1) is 6.92 Å². The molecule has 0 bridgehead atoms. The Hall–Kier alpha value is -2.57. The van der Waals surface area contributed by atoms with Gasteiger partial charge in [0.15, 0.2) is 5.96 Å². The first-order valence-corrected chi connectivity index (χ1v) is 8.16. The van der Waals surface area contributed by atoms with Crippen molar-refractivity contribution in [3.8, 4) is 5.75 Å². The number of nitrogens with zero attached hydrogens (tertiary/aromatic N) is 4. The van der Waals surface area contributed by atoms with E-state index in [1.165, 1.54) is 5.56 Å². The summed E-state index contributed by atoms with van der Waals surface area (Å²) in [5, 5.41) is 10.5. The molecule has 7 heteroatoms. The minimum Gasteiger partial charge on any atom is -0.494 e. The second-order valence-electron chi connectivity index (χ2n) is 5.52. The van der Waals surface area contributed by atoms with Crippen molar-refractivity contribution < 1.29 is 4.74 Å².